The van der Waals surface area contributed by atoms with Crippen molar-refractivity contribution >= 4 is 23.8 Å². The topological polar surface area (TPSA) is 133 Å². The Morgan fingerprint density at radius 3 is 2.74 bits per heavy atom. The van der Waals surface area contributed by atoms with E-state index in [9.17, 15) is 10.1 Å². The molecule has 3 atom stereocenters. The van der Waals surface area contributed by atoms with Crippen LogP contribution < -0.4 is 0 Å². The average Bonchev–Trinajstić information content (AvgIpc) is 3.52. The van der Waals surface area contributed by atoms with Crippen molar-refractivity contribution in [3.05, 3.63) is 60.0 Å². The van der Waals surface area contributed by atoms with Gasteiger partial charge in [0.1, 0.15) is 37.2 Å². The molecule has 3 aromatic rings. The maximum absolute atomic E-state index is 12.3. The molecular formula is C27H32N6O6. The first-order chi connectivity index (χ1) is 18.7. The van der Waals surface area contributed by atoms with Crippen molar-refractivity contribution < 1.29 is 28.5 Å². The molecule has 0 N–H and O–H groups in total. The van der Waals surface area contributed by atoms with E-state index in [-0.39, 0.29) is 19.6 Å². The van der Waals surface area contributed by atoms with Crippen LogP contribution in [0.4, 0.5) is 10.6 Å². The van der Waals surface area contributed by atoms with Crippen LogP contribution in [-0.4, -0.2) is 77.8 Å². The molecule has 4 rings (SSSR count). The Hall–Kier alpha value is -4.05. The van der Waals surface area contributed by atoms with Crippen LogP contribution in [0.15, 0.2) is 53.8 Å². The van der Waals surface area contributed by atoms with Crippen molar-refractivity contribution in [2.45, 2.75) is 50.5 Å². The van der Waals surface area contributed by atoms with Gasteiger partial charge in [0.2, 0.25) is 5.60 Å². The van der Waals surface area contributed by atoms with E-state index >= 15 is 0 Å². The fourth-order valence-electron chi connectivity index (χ4n) is 4.19. The standard InChI is InChI=1S/C27H32N6O6/c1-26(2,35-5)39-23-13-20(15-37-25(34)36-14-19-9-7-6-8-10-19)38-27(23,16-28)22-12-11-21-24(30-18-32(3)4)29-17-31-33(21)22/h6-12,17-18,20,23H,13-15H2,1-5H3/b30-18-/t20-,23+,27-/m0/s1. The molecule has 2 aromatic heterocycles. The Bertz CT molecular complexity index is 1350. The highest BCUT2D eigenvalue weighted by molar-refractivity contribution is 5.71. The number of hydrogen-bond acceptors (Lipinski definition) is 10. The molecule has 0 saturated carbocycles. The zero-order chi connectivity index (χ0) is 28.0. The molecule has 1 saturated heterocycles. The number of aromatic nitrogens is 3. The molecule has 0 unspecified atom stereocenters. The highest BCUT2D eigenvalue weighted by atomic mass is 16.7. The number of hydrogen-bond donors (Lipinski definition) is 0. The van der Waals surface area contributed by atoms with Crippen LogP contribution in [-0.2, 0) is 35.9 Å². The maximum atomic E-state index is 12.3. The summed E-state index contributed by atoms with van der Waals surface area (Å²) in [7, 11) is 5.21. The van der Waals surface area contributed by atoms with Crippen molar-refractivity contribution in [1.82, 2.24) is 19.5 Å². The first-order valence-electron chi connectivity index (χ1n) is 12.4. The van der Waals surface area contributed by atoms with E-state index in [1.807, 2.05) is 44.4 Å². The number of carbonyl (C=O) groups is 1. The SMILES string of the molecule is COC(C)(C)O[C@@H]1C[C@@H](COC(=O)OCc2ccccc2)O[C@@]1(C#N)c1ccc2c(/N=C\N(C)C)ncnn12. The molecule has 1 aliphatic rings. The van der Waals surface area contributed by atoms with Crippen LogP contribution in [0.25, 0.3) is 5.52 Å². The fraction of sp³-hybridized carbons (Fsp3) is 0.444. The third-order valence-electron chi connectivity index (χ3n) is 6.18. The van der Waals surface area contributed by atoms with Gasteiger partial charge in [0.25, 0.3) is 0 Å². The summed E-state index contributed by atoms with van der Waals surface area (Å²) in [6.07, 6.45) is 0.945. The summed E-state index contributed by atoms with van der Waals surface area (Å²) in [6.45, 7) is 3.43. The molecule has 12 heteroatoms. The fourth-order valence-corrected chi connectivity index (χ4v) is 4.19. The van der Waals surface area contributed by atoms with E-state index in [1.54, 1.807) is 41.7 Å². The summed E-state index contributed by atoms with van der Waals surface area (Å²) < 4.78 is 30.1. The van der Waals surface area contributed by atoms with Crippen LogP contribution in [0, 0.1) is 11.3 Å². The largest absolute Gasteiger partial charge is 0.508 e. The van der Waals surface area contributed by atoms with E-state index in [0.717, 1.165) is 5.56 Å². The molecule has 3 heterocycles. The molecule has 0 aliphatic carbocycles. The van der Waals surface area contributed by atoms with Crippen molar-refractivity contribution in [2.75, 3.05) is 27.8 Å². The summed E-state index contributed by atoms with van der Waals surface area (Å²) in [4.78, 5) is 22.7. The van der Waals surface area contributed by atoms with Gasteiger partial charge in [-0.05, 0) is 31.5 Å². The second-order valence-electron chi connectivity index (χ2n) is 9.68. The number of benzene rings is 1. The Kier molecular flexibility index (Phi) is 8.44. The van der Waals surface area contributed by atoms with Crippen LogP contribution >= 0.6 is 0 Å². The second-order valence-corrected chi connectivity index (χ2v) is 9.68. The molecule has 0 spiro atoms. The lowest BCUT2D eigenvalue weighted by Gasteiger charge is -2.33. The van der Waals surface area contributed by atoms with E-state index in [2.05, 4.69) is 21.1 Å². The Morgan fingerprint density at radius 1 is 1.28 bits per heavy atom. The highest BCUT2D eigenvalue weighted by Gasteiger charge is 2.55. The lowest BCUT2D eigenvalue weighted by molar-refractivity contribution is -0.241. The number of methoxy groups -OCH3 is 1. The van der Waals surface area contributed by atoms with Crippen LogP contribution in [0.3, 0.4) is 0 Å². The molecule has 1 aliphatic heterocycles. The molecule has 0 radical (unpaired) electrons. The number of nitrogens with zero attached hydrogens (tertiary/aromatic N) is 6. The third-order valence-corrected chi connectivity index (χ3v) is 6.18. The number of carbonyl (C=O) groups excluding carboxylic acids is 1. The first kappa shape index (κ1) is 28.0. The van der Waals surface area contributed by atoms with Gasteiger partial charge in [-0.15, -0.1) is 0 Å². The lowest BCUT2D eigenvalue weighted by atomic mass is 9.93. The number of ether oxygens (including phenoxy) is 5. The minimum Gasteiger partial charge on any atom is -0.432 e. The van der Waals surface area contributed by atoms with Gasteiger partial charge in [-0.3, -0.25) is 0 Å². The van der Waals surface area contributed by atoms with E-state index in [4.69, 9.17) is 23.7 Å². The Balaban J connectivity index is 1.58. The number of rotatable bonds is 10. The third kappa shape index (κ3) is 6.34. The summed E-state index contributed by atoms with van der Waals surface area (Å²) in [5.74, 6) is -0.601. The smallest absolute Gasteiger partial charge is 0.432 e. The van der Waals surface area contributed by atoms with E-state index in [0.29, 0.717) is 17.0 Å². The number of fused-ring (bicyclic) bond motifs is 1. The minimum atomic E-state index is -1.60. The summed E-state index contributed by atoms with van der Waals surface area (Å²) in [5, 5.41) is 14.9. The number of aliphatic imine (C=N–C) groups is 1. The summed E-state index contributed by atoms with van der Waals surface area (Å²) in [6, 6.07) is 15.1. The molecule has 0 amide bonds. The number of nitriles is 1. The molecular weight excluding hydrogens is 504 g/mol. The minimum absolute atomic E-state index is 0.0790. The van der Waals surface area contributed by atoms with E-state index in [1.165, 1.54) is 13.4 Å². The quantitative estimate of drug-likeness (QED) is 0.164. The van der Waals surface area contributed by atoms with Crippen LogP contribution in [0.5, 0.6) is 0 Å². The van der Waals surface area contributed by atoms with Gasteiger partial charge in [0.15, 0.2) is 11.6 Å². The predicted octanol–water partition coefficient (Wildman–Crippen LogP) is 3.58. The van der Waals surface area contributed by atoms with Gasteiger partial charge in [0, 0.05) is 27.6 Å². The predicted molar refractivity (Wildman–Crippen MR) is 140 cm³/mol. The Labute approximate surface area is 226 Å². The van der Waals surface area contributed by atoms with Gasteiger partial charge in [-0.2, -0.15) is 10.4 Å². The molecule has 39 heavy (non-hydrogen) atoms. The lowest BCUT2D eigenvalue weighted by Crippen LogP contribution is -2.43. The zero-order valence-corrected chi connectivity index (χ0v) is 22.6. The maximum Gasteiger partial charge on any atom is 0.508 e. The van der Waals surface area contributed by atoms with E-state index < -0.39 is 29.8 Å². The zero-order valence-electron chi connectivity index (χ0n) is 22.6. The van der Waals surface area contributed by atoms with Crippen molar-refractivity contribution in [1.29, 1.82) is 5.26 Å². The van der Waals surface area contributed by atoms with Gasteiger partial charge in [-0.25, -0.2) is 19.3 Å². The van der Waals surface area contributed by atoms with Crippen molar-refractivity contribution in [2.24, 2.45) is 4.99 Å². The second kappa shape index (κ2) is 11.8. The average molecular weight is 537 g/mol. The van der Waals surface area contributed by atoms with Gasteiger partial charge in [-0.1, -0.05) is 30.3 Å². The van der Waals surface area contributed by atoms with Crippen LogP contribution in [0.2, 0.25) is 0 Å². The summed E-state index contributed by atoms with van der Waals surface area (Å²) >= 11 is 0. The first-order valence-corrected chi connectivity index (χ1v) is 12.4. The molecule has 12 nitrogen and oxygen atoms in total. The Morgan fingerprint density at radius 2 is 2.05 bits per heavy atom. The normalized spacial score (nSPS) is 21.2. The molecule has 0 bridgehead atoms. The van der Waals surface area contributed by atoms with Crippen LogP contribution in [0.1, 0.15) is 31.5 Å². The molecule has 1 fully saturated rings. The monoisotopic (exact) mass is 536 g/mol. The molecule has 206 valence electrons. The van der Waals surface area contributed by atoms with Crippen molar-refractivity contribution in [3.8, 4) is 6.07 Å². The van der Waals surface area contributed by atoms with Gasteiger partial charge < -0.3 is 28.6 Å². The van der Waals surface area contributed by atoms with Crippen molar-refractivity contribution in [3.63, 3.8) is 0 Å². The van der Waals surface area contributed by atoms with Gasteiger partial charge in [0.05, 0.1) is 18.1 Å². The summed E-state index contributed by atoms with van der Waals surface area (Å²) in [5.41, 5.74) is 0.246. The molecule has 1 aromatic carbocycles. The van der Waals surface area contributed by atoms with Gasteiger partial charge >= 0.3 is 6.16 Å². The highest BCUT2D eigenvalue weighted by Crippen LogP contribution is 2.43.